The zero-order valence-corrected chi connectivity index (χ0v) is 10.3. The molecule has 0 bridgehead atoms. The van der Waals surface area contributed by atoms with E-state index in [4.69, 9.17) is 6.42 Å². The van der Waals surface area contributed by atoms with E-state index in [-0.39, 0.29) is 5.91 Å². The van der Waals surface area contributed by atoms with Crippen molar-refractivity contribution in [3.8, 4) is 12.3 Å². The molecule has 0 saturated heterocycles. The molecule has 0 aliphatic heterocycles. The lowest BCUT2D eigenvalue weighted by Crippen LogP contribution is -2.12. The van der Waals surface area contributed by atoms with Gasteiger partial charge in [0.15, 0.2) is 0 Å². The van der Waals surface area contributed by atoms with Crippen molar-refractivity contribution >= 4 is 11.6 Å². The molecule has 1 aromatic rings. The van der Waals surface area contributed by atoms with Gasteiger partial charge < -0.3 is 5.32 Å². The fourth-order valence-corrected chi connectivity index (χ4v) is 1.64. The summed E-state index contributed by atoms with van der Waals surface area (Å²) in [5.41, 5.74) is 1.46. The van der Waals surface area contributed by atoms with Gasteiger partial charge in [0.1, 0.15) is 0 Å². The zero-order chi connectivity index (χ0) is 12.5. The van der Waals surface area contributed by atoms with Gasteiger partial charge in [-0.1, -0.05) is 44.2 Å². The van der Waals surface area contributed by atoms with Gasteiger partial charge in [-0.05, 0) is 18.6 Å². The molecule has 1 aromatic carbocycles. The fourth-order valence-electron chi connectivity index (χ4n) is 1.64. The predicted octanol–water partition coefficient (Wildman–Crippen LogP) is 3.58. The summed E-state index contributed by atoms with van der Waals surface area (Å²) in [4.78, 5) is 11.7. The van der Waals surface area contributed by atoms with E-state index in [2.05, 4.69) is 18.2 Å². The van der Waals surface area contributed by atoms with Gasteiger partial charge in [0, 0.05) is 12.0 Å². The van der Waals surface area contributed by atoms with Gasteiger partial charge in [-0.2, -0.15) is 0 Å². The number of nitrogens with one attached hydrogen (secondary N) is 1. The van der Waals surface area contributed by atoms with E-state index in [1.807, 2.05) is 24.3 Å². The smallest absolute Gasteiger partial charge is 0.224 e. The Balaban J connectivity index is 2.43. The molecule has 0 fully saturated rings. The number of amides is 1. The zero-order valence-electron chi connectivity index (χ0n) is 10.3. The number of carbonyl (C=O) groups is 1. The van der Waals surface area contributed by atoms with Crippen LogP contribution in [-0.4, -0.2) is 5.91 Å². The Morgan fingerprint density at radius 3 is 2.76 bits per heavy atom. The average molecular weight is 229 g/mol. The molecule has 0 aliphatic carbocycles. The topological polar surface area (TPSA) is 29.1 Å². The summed E-state index contributed by atoms with van der Waals surface area (Å²) >= 11 is 0. The predicted molar refractivity (Wildman–Crippen MR) is 71.8 cm³/mol. The van der Waals surface area contributed by atoms with Crippen molar-refractivity contribution in [2.24, 2.45) is 0 Å². The first kappa shape index (κ1) is 13.3. The molecule has 0 aromatic heterocycles. The van der Waals surface area contributed by atoms with Crippen LogP contribution in [0.5, 0.6) is 0 Å². The van der Waals surface area contributed by atoms with Gasteiger partial charge in [-0.25, -0.2) is 0 Å². The largest absolute Gasteiger partial charge is 0.325 e. The van der Waals surface area contributed by atoms with E-state index in [0.29, 0.717) is 6.42 Å². The van der Waals surface area contributed by atoms with Crippen LogP contribution in [-0.2, 0) is 4.79 Å². The minimum atomic E-state index is 0.0452. The maximum Gasteiger partial charge on any atom is 0.224 e. The second kappa shape index (κ2) is 7.51. The van der Waals surface area contributed by atoms with Crippen molar-refractivity contribution < 1.29 is 4.79 Å². The van der Waals surface area contributed by atoms with E-state index < -0.39 is 0 Å². The minimum Gasteiger partial charge on any atom is -0.325 e. The van der Waals surface area contributed by atoms with Crippen LogP contribution in [0.25, 0.3) is 0 Å². The maximum absolute atomic E-state index is 11.7. The van der Waals surface area contributed by atoms with Gasteiger partial charge in [-0.3, -0.25) is 4.79 Å². The summed E-state index contributed by atoms with van der Waals surface area (Å²) in [6.45, 7) is 2.16. The van der Waals surface area contributed by atoms with Crippen molar-refractivity contribution in [3.05, 3.63) is 29.8 Å². The Kier molecular flexibility index (Phi) is 5.88. The Morgan fingerprint density at radius 1 is 1.29 bits per heavy atom. The van der Waals surface area contributed by atoms with E-state index in [1.165, 1.54) is 12.8 Å². The molecular weight excluding hydrogens is 210 g/mol. The highest BCUT2D eigenvalue weighted by molar-refractivity contribution is 5.92. The van der Waals surface area contributed by atoms with Crippen LogP contribution in [0, 0.1) is 12.3 Å². The molecule has 0 saturated carbocycles. The van der Waals surface area contributed by atoms with Crippen molar-refractivity contribution in [1.82, 2.24) is 0 Å². The Morgan fingerprint density at radius 2 is 2.06 bits per heavy atom. The van der Waals surface area contributed by atoms with Crippen molar-refractivity contribution in [1.29, 1.82) is 0 Å². The molecule has 0 heterocycles. The summed E-state index contributed by atoms with van der Waals surface area (Å²) in [5.74, 6) is 2.61. The van der Waals surface area contributed by atoms with Gasteiger partial charge in [0.25, 0.3) is 0 Å². The molecule has 0 spiro atoms. The van der Waals surface area contributed by atoms with Gasteiger partial charge >= 0.3 is 0 Å². The highest BCUT2D eigenvalue weighted by Crippen LogP contribution is 2.14. The monoisotopic (exact) mass is 229 g/mol. The molecule has 1 rings (SSSR count). The number of unbranched alkanes of at least 4 members (excludes halogenated alkanes) is 3. The summed E-state index contributed by atoms with van der Waals surface area (Å²) in [6.07, 6.45) is 10.4. The van der Waals surface area contributed by atoms with E-state index in [1.54, 1.807) is 0 Å². The lowest BCUT2D eigenvalue weighted by molar-refractivity contribution is -0.116. The lowest BCUT2D eigenvalue weighted by Gasteiger charge is -2.07. The molecule has 17 heavy (non-hydrogen) atoms. The van der Waals surface area contributed by atoms with Crippen molar-refractivity contribution in [2.75, 3.05) is 5.32 Å². The van der Waals surface area contributed by atoms with Crippen LogP contribution in [0.3, 0.4) is 0 Å². The third kappa shape index (κ3) is 4.74. The van der Waals surface area contributed by atoms with Crippen LogP contribution < -0.4 is 5.32 Å². The third-order valence-electron chi connectivity index (χ3n) is 2.61. The molecule has 0 radical (unpaired) electrons. The molecule has 0 unspecified atom stereocenters. The van der Waals surface area contributed by atoms with Gasteiger partial charge in [0.05, 0.1) is 5.69 Å². The molecular formula is C15H19NO. The molecule has 1 N–H and O–H groups in total. The number of hydrogen-bond acceptors (Lipinski definition) is 1. The average Bonchev–Trinajstić information content (AvgIpc) is 2.35. The molecule has 90 valence electrons. The number of benzene rings is 1. The Labute approximate surface area is 103 Å². The number of rotatable bonds is 6. The second-order valence-corrected chi connectivity index (χ2v) is 4.05. The molecule has 2 heteroatoms. The fraction of sp³-hybridized carbons (Fsp3) is 0.400. The Bertz CT molecular complexity index is 404. The number of terminal acetylenes is 1. The summed E-state index contributed by atoms with van der Waals surface area (Å²) in [6, 6.07) is 7.39. The first-order valence-electron chi connectivity index (χ1n) is 6.13. The van der Waals surface area contributed by atoms with Crippen LogP contribution >= 0.6 is 0 Å². The number of anilines is 1. The van der Waals surface area contributed by atoms with Crippen LogP contribution in [0.15, 0.2) is 24.3 Å². The maximum atomic E-state index is 11.7. The number of para-hydroxylation sites is 1. The normalized spacial score (nSPS) is 9.65. The number of hydrogen-bond donors (Lipinski definition) is 1. The summed E-state index contributed by atoms with van der Waals surface area (Å²) < 4.78 is 0. The molecule has 0 atom stereocenters. The second-order valence-electron chi connectivity index (χ2n) is 4.05. The summed E-state index contributed by atoms with van der Waals surface area (Å²) in [7, 11) is 0. The standard InChI is InChI=1S/C15H19NO/c1-3-5-6-7-12-15(17)16-14-11-9-8-10-13(14)4-2/h2,8-11H,3,5-7,12H2,1H3,(H,16,17). The van der Waals surface area contributed by atoms with Crippen molar-refractivity contribution in [2.45, 2.75) is 39.0 Å². The van der Waals surface area contributed by atoms with Crippen molar-refractivity contribution in [3.63, 3.8) is 0 Å². The highest BCUT2D eigenvalue weighted by Gasteiger charge is 2.04. The van der Waals surface area contributed by atoms with E-state index in [0.717, 1.165) is 24.1 Å². The minimum absolute atomic E-state index is 0.0452. The third-order valence-corrected chi connectivity index (χ3v) is 2.61. The highest BCUT2D eigenvalue weighted by atomic mass is 16.1. The van der Waals surface area contributed by atoms with Crippen LogP contribution in [0.2, 0.25) is 0 Å². The van der Waals surface area contributed by atoms with E-state index in [9.17, 15) is 4.79 Å². The Hall–Kier alpha value is -1.75. The molecule has 2 nitrogen and oxygen atoms in total. The SMILES string of the molecule is C#Cc1ccccc1NC(=O)CCCCCC. The first-order chi connectivity index (χ1) is 8.27. The van der Waals surface area contributed by atoms with Gasteiger partial charge in [-0.15, -0.1) is 6.42 Å². The summed E-state index contributed by atoms with van der Waals surface area (Å²) in [5, 5.41) is 2.86. The molecule has 1 amide bonds. The number of carbonyl (C=O) groups excluding carboxylic acids is 1. The van der Waals surface area contributed by atoms with Crippen LogP contribution in [0.4, 0.5) is 5.69 Å². The molecule has 0 aliphatic rings. The first-order valence-corrected chi connectivity index (χ1v) is 6.13. The quantitative estimate of drug-likeness (QED) is 0.586. The van der Waals surface area contributed by atoms with Crippen LogP contribution in [0.1, 0.15) is 44.6 Å². The van der Waals surface area contributed by atoms with Gasteiger partial charge in [0.2, 0.25) is 5.91 Å². The van der Waals surface area contributed by atoms with E-state index >= 15 is 0 Å². The lowest BCUT2D eigenvalue weighted by atomic mass is 10.1.